The molecule has 0 bridgehead atoms. The number of rotatable bonds is 4. The fourth-order valence-corrected chi connectivity index (χ4v) is 2.81. The number of halogens is 1. The van der Waals surface area contributed by atoms with Gasteiger partial charge in [-0.25, -0.2) is 18.9 Å². The van der Waals surface area contributed by atoms with E-state index >= 15 is 0 Å². The Morgan fingerprint density at radius 2 is 1.93 bits per heavy atom. The summed E-state index contributed by atoms with van der Waals surface area (Å²) in [5, 5.41) is 7.10. The Morgan fingerprint density at radius 3 is 2.59 bits per heavy atom. The maximum absolute atomic E-state index is 13.3. The van der Waals surface area contributed by atoms with E-state index in [4.69, 9.17) is 0 Å². The summed E-state index contributed by atoms with van der Waals surface area (Å²) in [6, 6.07) is 7.09. The Kier molecular flexibility index (Phi) is 4.11. The second kappa shape index (κ2) is 6.60. The molecule has 1 amide bonds. The third-order valence-electron chi connectivity index (χ3n) is 4.23. The molecule has 0 radical (unpaired) electrons. The molecule has 1 N–H and O–H groups in total. The van der Waals surface area contributed by atoms with Crippen LogP contribution in [0.25, 0.3) is 5.78 Å². The summed E-state index contributed by atoms with van der Waals surface area (Å²) in [5.74, 6) is 0.117. The summed E-state index contributed by atoms with van der Waals surface area (Å²) in [7, 11) is 1.82. The van der Waals surface area contributed by atoms with Crippen LogP contribution in [0, 0.1) is 12.7 Å². The summed E-state index contributed by atoms with van der Waals surface area (Å²) < 4.78 is 16.6. The van der Waals surface area contributed by atoms with Crippen LogP contribution in [0.4, 0.5) is 4.39 Å². The predicted octanol–water partition coefficient (Wildman–Crippen LogP) is 1.82. The molecule has 1 unspecified atom stereocenters. The molecule has 0 fully saturated rings. The van der Waals surface area contributed by atoms with E-state index in [1.54, 1.807) is 41.4 Å². The van der Waals surface area contributed by atoms with Crippen molar-refractivity contribution in [2.45, 2.75) is 13.0 Å². The maximum atomic E-state index is 13.3. The van der Waals surface area contributed by atoms with E-state index in [9.17, 15) is 9.18 Å². The molecule has 4 rings (SSSR count). The van der Waals surface area contributed by atoms with Crippen LogP contribution in [0.15, 0.2) is 48.9 Å². The molecule has 3 aromatic heterocycles. The largest absolute Gasteiger partial charge is 0.336 e. The number of imidazole rings is 1. The number of aryl methyl sites for hydroxylation is 2. The number of carbonyl (C=O) groups excluding carboxylic acids is 1. The average Bonchev–Trinajstić information content (AvgIpc) is 3.28. The van der Waals surface area contributed by atoms with Crippen LogP contribution in [0.5, 0.6) is 0 Å². The number of carbonyl (C=O) groups is 1. The van der Waals surface area contributed by atoms with Crippen LogP contribution in [-0.4, -0.2) is 35.0 Å². The average molecular weight is 365 g/mol. The second-order valence-electron chi connectivity index (χ2n) is 6.09. The molecular weight excluding hydrogens is 349 g/mol. The minimum Gasteiger partial charge on any atom is -0.336 e. The minimum atomic E-state index is -0.584. The molecule has 0 saturated carbocycles. The van der Waals surface area contributed by atoms with Gasteiger partial charge in [0.05, 0.1) is 0 Å². The zero-order valence-corrected chi connectivity index (χ0v) is 14.7. The minimum absolute atomic E-state index is 0.00174. The van der Waals surface area contributed by atoms with E-state index in [0.29, 0.717) is 17.2 Å². The molecule has 9 heteroatoms. The Bertz CT molecular complexity index is 1120. The van der Waals surface area contributed by atoms with Crippen molar-refractivity contribution in [2.75, 3.05) is 0 Å². The van der Waals surface area contributed by atoms with Gasteiger partial charge in [0.2, 0.25) is 5.82 Å². The molecule has 27 heavy (non-hydrogen) atoms. The highest BCUT2D eigenvalue weighted by atomic mass is 19.1. The molecule has 0 saturated heterocycles. The van der Waals surface area contributed by atoms with Crippen LogP contribution in [0.3, 0.4) is 0 Å². The van der Waals surface area contributed by atoms with Crippen molar-refractivity contribution in [1.29, 1.82) is 0 Å². The Hall–Kier alpha value is -3.62. The van der Waals surface area contributed by atoms with Gasteiger partial charge in [-0.2, -0.15) is 4.98 Å². The van der Waals surface area contributed by atoms with Gasteiger partial charge in [-0.3, -0.25) is 4.79 Å². The highest BCUT2D eigenvalue weighted by molar-refractivity contribution is 5.91. The summed E-state index contributed by atoms with van der Waals surface area (Å²) in [6.07, 6.45) is 5.01. The van der Waals surface area contributed by atoms with Crippen molar-refractivity contribution in [1.82, 2.24) is 34.4 Å². The first-order valence-electron chi connectivity index (χ1n) is 8.25. The van der Waals surface area contributed by atoms with Crippen molar-refractivity contribution in [3.63, 3.8) is 0 Å². The van der Waals surface area contributed by atoms with Crippen LogP contribution < -0.4 is 5.32 Å². The first-order valence-corrected chi connectivity index (χ1v) is 8.25. The SMILES string of the molecule is Cc1ccnc2nc(C(=O)NC(c3ccc(F)cc3)c3nccn3C)nn12. The molecule has 3 heterocycles. The van der Waals surface area contributed by atoms with Gasteiger partial charge < -0.3 is 9.88 Å². The molecule has 4 aromatic rings. The normalized spacial score (nSPS) is 12.3. The van der Waals surface area contributed by atoms with E-state index in [0.717, 1.165) is 5.69 Å². The number of hydrogen-bond acceptors (Lipinski definition) is 5. The topological polar surface area (TPSA) is 90.0 Å². The lowest BCUT2D eigenvalue weighted by Crippen LogP contribution is -2.32. The molecule has 1 aromatic carbocycles. The van der Waals surface area contributed by atoms with Crippen LogP contribution in [-0.2, 0) is 7.05 Å². The number of hydrogen-bond donors (Lipinski definition) is 1. The second-order valence-corrected chi connectivity index (χ2v) is 6.09. The van der Waals surface area contributed by atoms with Crippen molar-refractivity contribution in [3.05, 3.63) is 77.6 Å². The summed E-state index contributed by atoms with van der Waals surface area (Å²) >= 11 is 0. The monoisotopic (exact) mass is 365 g/mol. The molecule has 0 aliphatic carbocycles. The van der Waals surface area contributed by atoms with Crippen LogP contribution in [0.1, 0.15) is 33.7 Å². The molecule has 8 nitrogen and oxygen atoms in total. The lowest BCUT2D eigenvalue weighted by Gasteiger charge is -2.18. The van der Waals surface area contributed by atoms with Gasteiger partial charge in [0.15, 0.2) is 0 Å². The van der Waals surface area contributed by atoms with E-state index in [-0.39, 0.29) is 11.6 Å². The van der Waals surface area contributed by atoms with Gasteiger partial charge in [-0.1, -0.05) is 12.1 Å². The third-order valence-corrected chi connectivity index (χ3v) is 4.23. The Morgan fingerprint density at radius 1 is 1.15 bits per heavy atom. The van der Waals surface area contributed by atoms with E-state index < -0.39 is 11.9 Å². The maximum Gasteiger partial charge on any atom is 0.291 e. The third kappa shape index (κ3) is 3.14. The highest BCUT2D eigenvalue weighted by Crippen LogP contribution is 2.21. The Balaban J connectivity index is 1.70. The number of amides is 1. The first kappa shape index (κ1) is 16.8. The quantitative estimate of drug-likeness (QED) is 0.596. The van der Waals surface area contributed by atoms with E-state index in [2.05, 4.69) is 25.4 Å². The van der Waals surface area contributed by atoms with E-state index in [1.807, 2.05) is 14.0 Å². The van der Waals surface area contributed by atoms with Gasteiger partial charge >= 0.3 is 0 Å². The fraction of sp³-hybridized carbons (Fsp3) is 0.167. The number of fused-ring (bicyclic) bond motifs is 1. The van der Waals surface area contributed by atoms with Gasteiger partial charge in [-0.15, -0.1) is 5.10 Å². The number of aromatic nitrogens is 6. The summed E-state index contributed by atoms with van der Waals surface area (Å²) in [6.45, 7) is 1.85. The van der Waals surface area contributed by atoms with E-state index in [1.165, 1.54) is 16.6 Å². The molecule has 136 valence electrons. The zero-order chi connectivity index (χ0) is 19.0. The molecule has 1 atom stereocenters. The number of nitrogens with zero attached hydrogens (tertiary/aromatic N) is 6. The van der Waals surface area contributed by atoms with Crippen molar-refractivity contribution >= 4 is 11.7 Å². The first-order chi connectivity index (χ1) is 13.0. The van der Waals surface area contributed by atoms with Gasteiger partial charge in [0, 0.05) is 31.3 Å². The van der Waals surface area contributed by atoms with Gasteiger partial charge in [-0.05, 0) is 30.7 Å². The van der Waals surface area contributed by atoms with Gasteiger partial charge in [0.1, 0.15) is 17.7 Å². The molecule has 0 aliphatic heterocycles. The van der Waals surface area contributed by atoms with Crippen molar-refractivity contribution in [3.8, 4) is 0 Å². The molecule has 0 spiro atoms. The van der Waals surface area contributed by atoms with Gasteiger partial charge in [0.25, 0.3) is 11.7 Å². The molecule has 0 aliphatic rings. The Labute approximate surface area is 153 Å². The highest BCUT2D eigenvalue weighted by Gasteiger charge is 2.24. The van der Waals surface area contributed by atoms with Crippen molar-refractivity contribution < 1.29 is 9.18 Å². The zero-order valence-electron chi connectivity index (χ0n) is 14.7. The smallest absolute Gasteiger partial charge is 0.291 e. The van der Waals surface area contributed by atoms with Crippen molar-refractivity contribution in [2.24, 2.45) is 7.05 Å². The van der Waals surface area contributed by atoms with Crippen LogP contribution in [0.2, 0.25) is 0 Å². The molecular formula is C18H16FN7O. The lowest BCUT2D eigenvalue weighted by atomic mass is 10.1. The predicted molar refractivity (Wildman–Crippen MR) is 94.4 cm³/mol. The lowest BCUT2D eigenvalue weighted by molar-refractivity contribution is 0.0931. The standard InChI is InChI=1S/C18H16FN7O/c1-11-7-8-21-18-23-15(24-26(11)18)17(27)22-14(16-20-9-10-25(16)2)12-3-5-13(19)6-4-12/h3-10,14H,1-2H3,(H,22,27). The van der Waals surface area contributed by atoms with Crippen LogP contribution >= 0.6 is 0 Å². The summed E-state index contributed by atoms with van der Waals surface area (Å²) in [5.41, 5.74) is 1.50. The fourth-order valence-electron chi connectivity index (χ4n) is 2.81. The number of nitrogens with one attached hydrogen (secondary N) is 1. The summed E-state index contributed by atoms with van der Waals surface area (Å²) in [4.78, 5) is 25.4. The number of benzene rings is 1.